The number of thiazole rings is 1. The number of ether oxygens (including phenoxy) is 1. The van der Waals surface area contributed by atoms with Gasteiger partial charge in [-0.3, -0.25) is 0 Å². The first-order valence-electron chi connectivity index (χ1n) is 8.32. The van der Waals surface area contributed by atoms with E-state index in [1.807, 2.05) is 6.07 Å². The second kappa shape index (κ2) is 6.29. The molecule has 3 aromatic rings. The molecule has 1 unspecified atom stereocenters. The summed E-state index contributed by atoms with van der Waals surface area (Å²) in [7, 11) is 0. The van der Waals surface area contributed by atoms with Gasteiger partial charge in [-0.15, -0.1) is 11.3 Å². The third-order valence-corrected chi connectivity index (χ3v) is 5.36. The standard InChI is InChI=1S/C20H20N2OS/c1-3-16-12-21-17-11-15(9-10-18(17)23-16)19-13(2)24-20(22-19)14-7-5-4-6-8-14/h4-11,16,21H,3,12H2,1-2H3. The molecule has 1 aliphatic heterocycles. The molecule has 0 saturated carbocycles. The van der Waals surface area contributed by atoms with Gasteiger partial charge in [0.15, 0.2) is 0 Å². The predicted molar refractivity (Wildman–Crippen MR) is 101 cm³/mol. The quantitative estimate of drug-likeness (QED) is 0.698. The Morgan fingerprint density at radius 2 is 2.00 bits per heavy atom. The Bertz CT molecular complexity index is 857. The highest BCUT2D eigenvalue weighted by Gasteiger charge is 2.19. The number of nitrogens with zero attached hydrogens (tertiary/aromatic N) is 1. The third-order valence-electron chi connectivity index (χ3n) is 4.34. The SMILES string of the molecule is CCC1CNc2cc(-c3nc(-c4ccccc4)sc3C)ccc2O1. The minimum Gasteiger partial charge on any atom is -0.486 e. The summed E-state index contributed by atoms with van der Waals surface area (Å²) in [6.07, 6.45) is 1.27. The first-order chi connectivity index (χ1) is 11.7. The van der Waals surface area contributed by atoms with Gasteiger partial charge in [-0.25, -0.2) is 4.98 Å². The van der Waals surface area contributed by atoms with E-state index in [0.29, 0.717) is 0 Å². The van der Waals surface area contributed by atoms with E-state index >= 15 is 0 Å². The number of rotatable bonds is 3. The first kappa shape index (κ1) is 15.2. The van der Waals surface area contributed by atoms with Gasteiger partial charge < -0.3 is 10.1 Å². The fourth-order valence-corrected chi connectivity index (χ4v) is 3.90. The van der Waals surface area contributed by atoms with Gasteiger partial charge in [0.05, 0.1) is 17.9 Å². The molecule has 1 N–H and O–H groups in total. The van der Waals surface area contributed by atoms with Crippen LogP contribution in [0.25, 0.3) is 21.8 Å². The number of benzene rings is 2. The maximum absolute atomic E-state index is 6.00. The van der Waals surface area contributed by atoms with Crippen LogP contribution in [0.3, 0.4) is 0 Å². The van der Waals surface area contributed by atoms with Gasteiger partial charge in [-0.1, -0.05) is 37.3 Å². The average molecular weight is 336 g/mol. The fraction of sp³-hybridized carbons (Fsp3) is 0.250. The van der Waals surface area contributed by atoms with E-state index < -0.39 is 0 Å². The highest BCUT2D eigenvalue weighted by atomic mass is 32.1. The Hall–Kier alpha value is -2.33. The molecule has 4 heteroatoms. The molecule has 0 fully saturated rings. The van der Waals surface area contributed by atoms with Crippen molar-refractivity contribution in [3.8, 4) is 27.6 Å². The molecule has 0 spiro atoms. The smallest absolute Gasteiger partial charge is 0.142 e. The van der Waals surface area contributed by atoms with E-state index in [-0.39, 0.29) is 6.10 Å². The molecule has 1 atom stereocenters. The van der Waals surface area contributed by atoms with Crippen molar-refractivity contribution in [3.05, 3.63) is 53.4 Å². The third kappa shape index (κ3) is 2.78. The van der Waals surface area contributed by atoms with Crippen molar-refractivity contribution in [3.63, 3.8) is 0 Å². The lowest BCUT2D eigenvalue weighted by atomic mass is 10.1. The van der Waals surface area contributed by atoms with Gasteiger partial charge in [0.1, 0.15) is 16.9 Å². The Kier molecular flexibility index (Phi) is 3.98. The number of hydrogen-bond donors (Lipinski definition) is 1. The topological polar surface area (TPSA) is 34.2 Å². The van der Waals surface area contributed by atoms with Crippen molar-refractivity contribution in [2.24, 2.45) is 0 Å². The van der Waals surface area contributed by atoms with Crippen LogP contribution in [-0.2, 0) is 0 Å². The molecule has 0 amide bonds. The summed E-state index contributed by atoms with van der Waals surface area (Å²) < 4.78 is 6.00. The van der Waals surface area contributed by atoms with E-state index in [1.54, 1.807) is 11.3 Å². The summed E-state index contributed by atoms with van der Waals surface area (Å²) in [4.78, 5) is 6.11. The van der Waals surface area contributed by atoms with Crippen LogP contribution < -0.4 is 10.1 Å². The second-order valence-corrected chi connectivity index (χ2v) is 7.23. The van der Waals surface area contributed by atoms with E-state index in [1.165, 1.54) is 10.4 Å². The van der Waals surface area contributed by atoms with E-state index in [0.717, 1.165) is 40.7 Å². The number of anilines is 1. The largest absolute Gasteiger partial charge is 0.486 e. The molecule has 0 radical (unpaired) electrons. The molecule has 24 heavy (non-hydrogen) atoms. The Labute approximate surface area is 146 Å². The summed E-state index contributed by atoms with van der Waals surface area (Å²) in [5.41, 5.74) is 4.42. The molecule has 2 aromatic carbocycles. The summed E-state index contributed by atoms with van der Waals surface area (Å²) in [5.74, 6) is 0.938. The van der Waals surface area contributed by atoms with Gasteiger partial charge in [-0.2, -0.15) is 0 Å². The molecule has 0 bridgehead atoms. The molecule has 0 saturated heterocycles. The van der Waals surface area contributed by atoms with Gasteiger partial charge in [0.2, 0.25) is 0 Å². The van der Waals surface area contributed by atoms with Crippen molar-refractivity contribution in [1.82, 2.24) is 4.98 Å². The fourth-order valence-electron chi connectivity index (χ4n) is 2.96. The summed E-state index contributed by atoms with van der Waals surface area (Å²) in [5, 5.41) is 4.55. The maximum atomic E-state index is 6.00. The second-order valence-electron chi connectivity index (χ2n) is 6.03. The summed E-state index contributed by atoms with van der Waals surface area (Å²) in [6, 6.07) is 16.7. The summed E-state index contributed by atoms with van der Waals surface area (Å²) >= 11 is 1.74. The molecule has 1 aliphatic rings. The highest BCUT2D eigenvalue weighted by molar-refractivity contribution is 7.15. The van der Waals surface area contributed by atoms with Crippen LogP contribution in [0.4, 0.5) is 5.69 Å². The predicted octanol–water partition coefficient (Wildman–Crippen LogP) is 5.37. The van der Waals surface area contributed by atoms with Crippen LogP contribution in [0.2, 0.25) is 0 Å². The molecule has 0 aliphatic carbocycles. The molecular formula is C20H20N2OS. The van der Waals surface area contributed by atoms with Gasteiger partial charge in [0.25, 0.3) is 0 Å². The number of nitrogens with one attached hydrogen (secondary N) is 1. The van der Waals surface area contributed by atoms with Gasteiger partial charge in [0, 0.05) is 16.0 Å². The zero-order chi connectivity index (χ0) is 16.5. The number of aromatic nitrogens is 1. The van der Waals surface area contributed by atoms with Gasteiger partial charge >= 0.3 is 0 Å². The summed E-state index contributed by atoms with van der Waals surface area (Å²) in [6.45, 7) is 5.14. The lowest BCUT2D eigenvalue weighted by molar-refractivity contribution is 0.202. The van der Waals surface area contributed by atoms with Gasteiger partial charge in [-0.05, 0) is 31.5 Å². The maximum Gasteiger partial charge on any atom is 0.142 e. The van der Waals surface area contributed by atoms with Crippen molar-refractivity contribution in [1.29, 1.82) is 0 Å². The van der Waals surface area contributed by atoms with E-state index in [4.69, 9.17) is 9.72 Å². The normalized spacial score (nSPS) is 16.2. The van der Waals surface area contributed by atoms with Crippen LogP contribution in [-0.4, -0.2) is 17.6 Å². The molecule has 2 heterocycles. The van der Waals surface area contributed by atoms with Crippen LogP contribution in [0, 0.1) is 6.92 Å². The monoisotopic (exact) mass is 336 g/mol. The molecule has 1 aromatic heterocycles. The number of fused-ring (bicyclic) bond motifs is 1. The van der Waals surface area contributed by atoms with E-state index in [9.17, 15) is 0 Å². The number of hydrogen-bond acceptors (Lipinski definition) is 4. The highest BCUT2D eigenvalue weighted by Crippen LogP contribution is 2.37. The van der Waals surface area contributed by atoms with Crippen molar-refractivity contribution >= 4 is 17.0 Å². The Morgan fingerprint density at radius 3 is 2.79 bits per heavy atom. The van der Waals surface area contributed by atoms with Crippen LogP contribution in [0.15, 0.2) is 48.5 Å². The zero-order valence-corrected chi connectivity index (χ0v) is 14.7. The zero-order valence-electron chi connectivity index (χ0n) is 13.9. The molecular weight excluding hydrogens is 316 g/mol. The van der Waals surface area contributed by atoms with Crippen LogP contribution >= 0.6 is 11.3 Å². The minimum absolute atomic E-state index is 0.258. The average Bonchev–Trinajstić information content (AvgIpc) is 3.03. The Balaban J connectivity index is 1.69. The molecule has 3 nitrogen and oxygen atoms in total. The lowest BCUT2D eigenvalue weighted by Gasteiger charge is -2.26. The van der Waals surface area contributed by atoms with Crippen molar-refractivity contribution < 1.29 is 4.74 Å². The minimum atomic E-state index is 0.258. The number of aryl methyl sites for hydroxylation is 1. The lowest BCUT2D eigenvalue weighted by Crippen LogP contribution is -2.29. The first-order valence-corrected chi connectivity index (χ1v) is 9.14. The van der Waals surface area contributed by atoms with Crippen LogP contribution in [0.5, 0.6) is 5.75 Å². The van der Waals surface area contributed by atoms with Crippen molar-refractivity contribution in [2.75, 3.05) is 11.9 Å². The molecule has 4 rings (SSSR count). The van der Waals surface area contributed by atoms with Crippen LogP contribution in [0.1, 0.15) is 18.2 Å². The molecule has 122 valence electrons. The van der Waals surface area contributed by atoms with E-state index in [2.05, 4.69) is 61.6 Å². The Morgan fingerprint density at radius 1 is 1.17 bits per heavy atom. The van der Waals surface area contributed by atoms with Crippen molar-refractivity contribution in [2.45, 2.75) is 26.4 Å².